The fraction of sp³-hybridized carbons (Fsp3) is 0.357. The van der Waals surface area contributed by atoms with Crippen molar-refractivity contribution < 1.29 is 19.9 Å². The maximum atomic E-state index is 11.2. The van der Waals surface area contributed by atoms with Gasteiger partial charge in [0.1, 0.15) is 0 Å². The zero-order valence-electron chi connectivity index (χ0n) is 11.4. The number of thioether (sulfide) groups is 1. The largest absolute Gasteiger partial charge is 0.481 e. The number of hydrogen-bond donors (Lipinski definition) is 2. The molecule has 0 radical (unpaired) electrons. The zero-order valence-corrected chi connectivity index (χ0v) is 12.2. The topological polar surface area (TPSA) is 101 Å². The Morgan fingerprint density at radius 2 is 2.29 bits per heavy atom. The molecule has 2 N–H and O–H groups in total. The number of carbonyl (C=O) groups is 1. The summed E-state index contributed by atoms with van der Waals surface area (Å²) >= 11 is 1.48. The van der Waals surface area contributed by atoms with E-state index in [0.717, 1.165) is 5.75 Å². The number of carboxylic acids is 1. The van der Waals surface area contributed by atoms with Gasteiger partial charge in [-0.2, -0.15) is 0 Å². The van der Waals surface area contributed by atoms with E-state index in [1.165, 1.54) is 30.8 Å². The average Bonchev–Trinajstić information content (AvgIpc) is 2.83. The summed E-state index contributed by atoms with van der Waals surface area (Å²) in [5, 5.41) is 29.9. The highest BCUT2D eigenvalue weighted by atomic mass is 32.2. The molecular formula is C14H15NO5S. The smallest absolute Gasteiger partial charge is 0.310 e. The number of nitrogens with zero attached hydrogens (tertiary/aromatic N) is 1. The number of hydrogen-bond acceptors (Lipinski definition) is 5. The summed E-state index contributed by atoms with van der Waals surface area (Å²) < 4.78 is 0. The van der Waals surface area contributed by atoms with E-state index in [4.69, 9.17) is 5.11 Å². The number of rotatable bonds is 4. The Morgan fingerprint density at radius 1 is 1.57 bits per heavy atom. The van der Waals surface area contributed by atoms with Crippen LogP contribution < -0.4 is 0 Å². The molecule has 0 bridgehead atoms. The molecule has 2 unspecified atom stereocenters. The van der Waals surface area contributed by atoms with E-state index >= 15 is 0 Å². The van der Waals surface area contributed by atoms with Gasteiger partial charge in [0, 0.05) is 16.7 Å². The van der Waals surface area contributed by atoms with Crippen LogP contribution >= 0.6 is 11.8 Å². The molecule has 0 amide bonds. The molecular weight excluding hydrogens is 294 g/mol. The van der Waals surface area contributed by atoms with Gasteiger partial charge in [-0.05, 0) is 31.1 Å². The first-order valence-electron chi connectivity index (χ1n) is 6.43. The van der Waals surface area contributed by atoms with Crippen molar-refractivity contribution in [3.8, 4) is 0 Å². The second-order valence-electron chi connectivity index (χ2n) is 4.83. The molecule has 0 saturated carbocycles. The van der Waals surface area contributed by atoms with E-state index in [0.29, 0.717) is 22.5 Å². The minimum absolute atomic E-state index is 0.146. The van der Waals surface area contributed by atoms with E-state index < -0.39 is 22.9 Å². The van der Waals surface area contributed by atoms with Crippen molar-refractivity contribution in [3.05, 3.63) is 44.3 Å². The highest BCUT2D eigenvalue weighted by molar-refractivity contribution is 8.03. The molecule has 1 aromatic rings. The van der Waals surface area contributed by atoms with Gasteiger partial charge in [0.15, 0.2) is 0 Å². The number of benzene rings is 1. The number of aliphatic hydroxyl groups excluding tert-OH is 1. The molecule has 1 saturated heterocycles. The molecule has 1 aliphatic heterocycles. The molecule has 1 aromatic carbocycles. The Labute approximate surface area is 125 Å². The van der Waals surface area contributed by atoms with Crippen molar-refractivity contribution in [1.29, 1.82) is 0 Å². The number of aliphatic hydroxyl groups is 1. The number of nitro benzene ring substituents is 1. The first-order chi connectivity index (χ1) is 9.90. The second-order valence-corrected chi connectivity index (χ2v) is 6.00. The van der Waals surface area contributed by atoms with Crippen LogP contribution in [-0.2, 0) is 4.79 Å². The molecule has 1 heterocycles. The van der Waals surface area contributed by atoms with Crippen LogP contribution in [0.1, 0.15) is 30.4 Å². The lowest BCUT2D eigenvalue weighted by atomic mass is 9.98. The Bertz CT molecular complexity index is 613. The van der Waals surface area contributed by atoms with E-state index in [2.05, 4.69) is 0 Å². The quantitative estimate of drug-likeness (QED) is 0.655. The van der Waals surface area contributed by atoms with Crippen molar-refractivity contribution in [2.24, 2.45) is 0 Å². The minimum atomic E-state index is -1.03. The van der Waals surface area contributed by atoms with Crippen molar-refractivity contribution >= 4 is 29.5 Å². The van der Waals surface area contributed by atoms with Crippen LogP contribution in [0.15, 0.2) is 23.1 Å². The Kier molecular flexibility index (Phi) is 4.64. The van der Waals surface area contributed by atoms with Gasteiger partial charge in [0.2, 0.25) is 0 Å². The van der Waals surface area contributed by atoms with Gasteiger partial charge in [-0.1, -0.05) is 6.07 Å². The third-order valence-electron chi connectivity index (χ3n) is 3.41. The highest BCUT2D eigenvalue weighted by Gasteiger charge is 2.23. The standard InChI is InChI=1S/C14H15NO5S/c1-8(14(17)18)9-2-3-10(11(6-9)15(19)20)7-13-12(16)4-5-21-13/h2-3,6-8,12,16H,4-5H2,1H3,(H,17,18)/b13-7-. The van der Waals surface area contributed by atoms with Gasteiger partial charge in [0.25, 0.3) is 5.69 Å². The summed E-state index contributed by atoms with van der Waals surface area (Å²) in [5.74, 6) is -1.05. The number of carboxylic acid groups (broad SMARTS) is 1. The number of aliphatic carboxylic acids is 1. The van der Waals surface area contributed by atoms with Crippen LogP contribution in [0.25, 0.3) is 6.08 Å². The van der Waals surface area contributed by atoms with Crippen LogP contribution in [0.4, 0.5) is 5.69 Å². The second kappa shape index (κ2) is 6.28. The van der Waals surface area contributed by atoms with E-state index in [1.54, 1.807) is 12.1 Å². The molecule has 112 valence electrons. The monoisotopic (exact) mass is 309 g/mol. The molecule has 1 fully saturated rings. The SMILES string of the molecule is CC(C(=O)O)c1ccc(/C=C2\SCCC2O)c([N+](=O)[O-])c1. The van der Waals surface area contributed by atoms with Gasteiger partial charge in [-0.3, -0.25) is 14.9 Å². The van der Waals surface area contributed by atoms with E-state index in [9.17, 15) is 20.0 Å². The fourth-order valence-electron chi connectivity index (χ4n) is 2.07. The maximum Gasteiger partial charge on any atom is 0.310 e. The highest BCUT2D eigenvalue weighted by Crippen LogP contribution is 2.35. The maximum absolute atomic E-state index is 11.2. The van der Waals surface area contributed by atoms with Crippen LogP contribution in [0, 0.1) is 10.1 Å². The van der Waals surface area contributed by atoms with Crippen molar-refractivity contribution in [1.82, 2.24) is 0 Å². The van der Waals surface area contributed by atoms with Crippen LogP contribution in [0.3, 0.4) is 0 Å². The third kappa shape index (κ3) is 3.43. The first-order valence-corrected chi connectivity index (χ1v) is 7.42. The lowest BCUT2D eigenvalue weighted by Crippen LogP contribution is -2.08. The lowest BCUT2D eigenvalue weighted by molar-refractivity contribution is -0.385. The van der Waals surface area contributed by atoms with E-state index in [-0.39, 0.29) is 5.69 Å². The van der Waals surface area contributed by atoms with Crippen molar-refractivity contribution in [2.45, 2.75) is 25.4 Å². The summed E-state index contributed by atoms with van der Waals surface area (Å²) in [7, 11) is 0. The van der Waals surface area contributed by atoms with Gasteiger partial charge in [-0.25, -0.2) is 0 Å². The summed E-state index contributed by atoms with van der Waals surface area (Å²) in [4.78, 5) is 22.3. The van der Waals surface area contributed by atoms with Crippen LogP contribution in [0.5, 0.6) is 0 Å². The molecule has 1 aliphatic rings. The van der Waals surface area contributed by atoms with E-state index in [1.807, 2.05) is 0 Å². The van der Waals surface area contributed by atoms with Crippen molar-refractivity contribution in [3.63, 3.8) is 0 Å². The predicted octanol–water partition coefficient (Wildman–Crippen LogP) is 2.62. The molecule has 0 spiro atoms. The summed E-state index contributed by atoms with van der Waals surface area (Å²) in [6.07, 6.45) is 1.67. The molecule has 7 heteroatoms. The molecule has 0 aliphatic carbocycles. The Morgan fingerprint density at radius 3 is 2.81 bits per heavy atom. The number of nitro groups is 1. The predicted molar refractivity (Wildman–Crippen MR) is 80.2 cm³/mol. The fourth-order valence-corrected chi connectivity index (χ4v) is 3.17. The Hall–Kier alpha value is -1.86. The van der Waals surface area contributed by atoms with Gasteiger partial charge in [0.05, 0.1) is 22.5 Å². The van der Waals surface area contributed by atoms with Crippen LogP contribution in [-0.4, -0.2) is 33.0 Å². The molecule has 0 aromatic heterocycles. The molecule has 2 rings (SSSR count). The lowest BCUT2D eigenvalue weighted by Gasteiger charge is -2.08. The van der Waals surface area contributed by atoms with Gasteiger partial charge in [-0.15, -0.1) is 11.8 Å². The van der Waals surface area contributed by atoms with Crippen LogP contribution in [0.2, 0.25) is 0 Å². The average molecular weight is 309 g/mol. The zero-order chi connectivity index (χ0) is 15.6. The first kappa shape index (κ1) is 15.5. The third-order valence-corrected chi connectivity index (χ3v) is 4.57. The minimum Gasteiger partial charge on any atom is -0.481 e. The molecule has 6 nitrogen and oxygen atoms in total. The summed E-state index contributed by atoms with van der Waals surface area (Å²) in [5.41, 5.74) is 0.619. The summed E-state index contributed by atoms with van der Waals surface area (Å²) in [6.45, 7) is 1.48. The summed E-state index contributed by atoms with van der Waals surface area (Å²) in [6, 6.07) is 4.40. The van der Waals surface area contributed by atoms with Gasteiger partial charge >= 0.3 is 5.97 Å². The van der Waals surface area contributed by atoms with Crippen molar-refractivity contribution in [2.75, 3.05) is 5.75 Å². The molecule has 21 heavy (non-hydrogen) atoms. The Balaban J connectivity index is 2.43. The normalized spacial score (nSPS) is 21.4. The molecule has 2 atom stereocenters. The van der Waals surface area contributed by atoms with Gasteiger partial charge < -0.3 is 10.2 Å².